The van der Waals surface area contributed by atoms with Crippen LogP contribution >= 0.6 is 0 Å². The molecule has 0 aromatic heterocycles. The lowest BCUT2D eigenvalue weighted by Crippen LogP contribution is -2.40. The van der Waals surface area contributed by atoms with E-state index in [1.807, 2.05) is 12.1 Å². The van der Waals surface area contributed by atoms with Crippen LogP contribution in [-0.2, 0) is 22.5 Å². The van der Waals surface area contributed by atoms with Crippen molar-refractivity contribution < 1.29 is 19.2 Å². The van der Waals surface area contributed by atoms with Gasteiger partial charge in [0.25, 0.3) is 11.6 Å². The highest BCUT2D eigenvalue weighted by Crippen LogP contribution is 2.13. The van der Waals surface area contributed by atoms with Crippen molar-refractivity contribution in [2.45, 2.75) is 13.0 Å². The first kappa shape index (κ1) is 19.5. The van der Waals surface area contributed by atoms with Crippen molar-refractivity contribution >= 4 is 17.5 Å². The van der Waals surface area contributed by atoms with Crippen molar-refractivity contribution in [1.82, 2.24) is 10.2 Å². The fraction of sp³-hybridized carbons (Fsp3) is 0.300. The van der Waals surface area contributed by atoms with Gasteiger partial charge in [-0.2, -0.15) is 0 Å². The van der Waals surface area contributed by atoms with Gasteiger partial charge in [-0.05, 0) is 23.3 Å². The van der Waals surface area contributed by atoms with Gasteiger partial charge in [0.2, 0.25) is 5.91 Å². The van der Waals surface area contributed by atoms with Crippen molar-refractivity contribution in [3.05, 3.63) is 75.3 Å². The molecular weight excluding hydrogens is 362 g/mol. The second-order valence-electron chi connectivity index (χ2n) is 6.48. The Morgan fingerprint density at radius 2 is 1.61 bits per heavy atom. The third-order valence-electron chi connectivity index (χ3n) is 4.50. The van der Waals surface area contributed by atoms with Crippen LogP contribution < -0.4 is 5.32 Å². The maximum Gasteiger partial charge on any atom is 0.269 e. The number of rotatable bonds is 6. The average molecular weight is 383 g/mol. The molecule has 146 valence electrons. The second kappa shape index (κ2) is 9.09. The molecule has 0 spiro atoms. The van der Waals surface area contributed by atoms with Gasteiger partial charge in [-0.1, -0.05) is 24.3 Å². The van der Waals surface area contributed by atoms with E-state index in [9.17, 15) is 19.7 Å². The van der Waals surface area contributed by atoms with Gasteiger partial charge in [-0.25, -0.2) is 0 Å². The molecule has 2 aromatic carbocycles. The first-order valence-electron chi connectivity index (χ1n) is 8.99. The highest BCUT2D eigenvalue weighted by atomic mass is 16.6. The van der Waals surface area contributed by atoms with Gasteiger partial charge in [0.15, 0.2) is 0 Å². The minimum Gasteiger partial charge on any atom is -0.378 e. The fourth-order valence-electron chi connectivity index (χ4n) is 2.90. The SMILES string of the molecule is O=C(Cc1ccc([N+](=O)[O-])cc1)NCc1ccc(C(=O)N2CCOCC2)cc1. The van der Waals surface area contributed by atoms with Gasteiger partial charge in [0.1, 0.15) is 0 Å². The number of non-ortho nitro benzene ring substituents is 1. The molecule has 0 unspecified atom stereocenters. The van der Waals surface area contributed by atoms with Crippen LogP contribution in [0.25, 0.3) is 0 Å². The van der Waals surface area contributed by atoms with E-state index in [1.54, 1.807) is 29.2 Å². The molecule has 2 aromatic rings. The average Bonchev–Trinajstić information content (AvgIpc) is 2.73. The van der Waals surface area contributed by atoms with Gasteiger partial charge in [-0.15, -0.1) is 0 Å². The number of carbonyl (C=O) groups excluding carboxylic acids is 2. The van der Waals surface area contributed by atoms with Gasteiger partial charge in [0.05, 0.1) is 24.6 Å². The number of benzene rings is 2. The summed E-state index contributed by atoms with van der Waals surface area (Å²) in [5.74, 6) is -0.195. The zero-order valence-corrected chi connectivity index (χ0v) is 15.3. The lowest BCUT2D eigenvalue weighted by atomic mass is 10.1. The van der Waals surface area contributed by atoms with Gasteiger partial charge >= 0.3 is 0 Å². The van der Waals surface area contributed by atoms with Crippen LogP contribution in [0, 0.1) is 10.1 Å². The van der Waals surface area contributed by atoms with Crippen LogP contribution in [0.2, 0.25) is 0 Å². The predicted molar refractivity (Wildman–Crippen MR) is 102 cm³/mol. The topological polar surface area (TPSA) is 102 Å². The van der Waals surface area contributed by atoms with E-state index < -0.39 is 4.92 Å². The third kappa shape index (κ3) is 5.14. The van der Waals surface area contributed by atoms with Crippen LogP contribution in [0.15, 0.2) is 48.5 Å². The molecule has 8 heteroatoms. The number of ether oxygens (including phenoxy) is 1. The highest BCUT2D eigenvalue weighted by Gasteiger charge is 2.18. The number of nitro groups is 1. The quantitative estimate of drug-likeness (QED) is 0.607. The molecule has 1 fully saturated rings. The summed E-state index contributed by atoms with van der Waals surface area (Å²) in [4.78, 5) is 36.4. The van der Waals surface area contributed by atoms with Crippen LogP contribution in [0.4, 0.5) is 5.69 Å². The number of carbonyl (C=O) groups is 2. The Morgan fingerprint density at radius 1 is 1.00 bits per heavy atom. The molecule has 0 atom stereocenters. The summed E-state index contributed by atoms with van der Waals surface area (Å²) in [6.45, 7) is 2.66. The first-order valence-corrected chi connectivity index (χ1v) is 8.99. The van der Waals surface area contributed by atoms with Crippen molar-refractivity contribution in [3.63, 3.8) is 0 Å². The molecule has 2 amide bonds. The smallest absolute Gasteiger partial charge is 0.269 e. The Labute approximate surface area is 162 Å². The van der Waals surface area contributed by atoms with Gasteiger partial charge in [0, 0.05) is 37.3 Å². The summed E-state index contributed by atoms with van der Waals surface area (Å²) in [5, 5.41) is 13.5. The normalized spacial score (nSPS) is 13.8. The number of nitrogens with one attached hydrogen (secondary N) is 1. The monoisotopic (exact) mass is 383 g/mol. The molecule has 3 rings (SSSR count). The van der Waals surface area contributed by atoms with E-state index in [0.29, 0.717) is 44.0 Å². The van der Waals surface area contributed by atoms with Crippen LogP contribution in [-0.4, -0.2) is 47.9 Å². The van der Waals surface area contributed by atoms with Crippen molar-refractivity contribution in [2.75, 3.05) is 26.3 Å². The van der Waals surface area contributed by atoms with E-state index in [0.717, 1.165) is 5.56 Å². The number of hydrogen-bond acceptors (Lipinski definition) is 5. The van der Waals surface area contributed by atoms with Crippen molar-refractivity contribution in [2.24, 2.45) is 0 Å². The van der Waals surface area contributed by atoms with Crippen LogP contribution in [0.5, 0.6) is 0 Å². The first-order chi connectivity index (χ1) is 13.5. The molecule has 1 saturated heterocycles. The van der Waals surface area contributed by atoms with Gasteiger partial charge < -0.3 is 15.0 Å². The Bertz CT molecular complexity index is 843. The molecule has 8 nitrogen and oxygen atoms in total. The Morgan fingerprint density at radius 3 is 2.21 bits per heavy atom. The maximum absolute atomic E-state index is 12.4. The Balaban J connectivity index is 1.49. The third-order valence-corrected chi connectivity index (χ3v) is 4.50. The molecule has 0 aliphatic carbocycles. The zero-order chi connectivity index (χ0) is 19.9. The molecule has 1 heterocycles. The summed E-state index contributed by atoms with van der Waals surface area (Å²) < 4.78 is 5.25. The second-order valence-corrected chi connectivity index (χ2v) is 6.48. The fourth-order valence-corrected chi connectivity index (χ4v) is 2.90. The maximum atomic E-state index is 12.4. The standard InChI is InChI=1S/C20H21N3O5/c24-19(13-15-3-7-18(8-4-15)23(26)27)21-14-16-1-5-17(6-2-16)20(25)22-9-11-28-12-10-22/h1-8H,9-14H2,(H,21,24). The molecule has 1 N–H and O–H groups in total. The summed E-state index contributed by atoms with van der Waals surface area (Å²) >= 11 is 0. The summed E-state index contributed by atoms with van der Waals surface area (Å²) in [6, 6.07) is 13.1. The number of nitro benzene ring substituents is 1. The Kier molecular flexibility index (Phi) is 6.33. The molecular formula is C20H21N3O5. The summed E-state index contributed by atoms with van der Waals surface area (Å²) in [5.41, 5.74) is 2.20. The van der Waals surface area contributed by atoms with Gasteiger partial charge in [-0.3, -0.25) is 19.7 Å². The number of morpholine rings is 1. The van der Waals surface area contributed by atoms with E-state index in [4.69, 9.17) is 4.74 Å². The highest BCUT2D eigenvalue weighted by molar-refractivity contribution is 5.94. The minimum absolute atomic E-state index is 0.00382. The summed E-state index contributed by atoms with van der Waals surface area (Å²) in [7, 11) is 0. The number of hydrogen-bond donors (Lipinski definition) is 1. The minimum atomic E-state index is -0.475. The van der Waals surface area contributed by atoms with Crippen LogP contribution in [0.3, 0.4) is 0 Å². The lowest BCUT2D eigenvalue weighted by molar-refractivity contribution is -0.384. The molecule has 28 heavy (non-hydrogen) atoms. The lowest BCUT2D eigenvalue weighted by Gasteiger charge is -2.26. The van der Waals surface area contributed by atoms with E-state index in [-0.39, 0.29) is 23.9 Å². The Hall–Kier alpha value is -3.26. The van der Waals surface area contributed by atoms with Crippen molar-refractivity contribution in [3.8, 4) is 0 Å². The summed E-state index contributed by atoms with van der Waals surface area (Å²) in [6.07, 6.45) is 0.144. The molecule has 0 radical (unpaired) electrons. The number of nitrogens with zero attached hydrogens (tertiary/aromatic N) is 2. The zero-order valence-electron chi connectivity index (χ0n) is 15.3. The number of amides is 2. The molecule has 1 aliphatic rings. The largest absolute Gasteiger partial charge is 0.378 e. The predicted octanol–water partition coefficient (Wildman–Crippen LogP) is 1.93. The van der Waals surface area contributed by atoms with Crippen molar-refractivity contribution in [1.29, 1.82) is 0 Å². The molecule has 0 bridgehead atoms. The molecule has 0 saturated carbocycles. The molecule has 1 aliphatic heterocycles. The van der Waals surface area contributed by atoms with Crippen LogP contribution in [0.1, 0.15) is 21.5 Å². The van der Waals surface area contributed by atoms with E-state index in [1.165, 1.54) is 12.1 Å². The van der Waals surface area contributed by atoms with E-state index >= 15 is 0 Å². The van der Waals surface area contributed by atoms with E-state index in [2.05, 4.69) is 5.32 Å².